The van der Waals surface area contributed by atoms with Gasteiger partial charge in [0.2, 0.25) is 0 Å². The second-order valence-electron chi connectivity index (χ2n) is 5.21. The quantitative estimate of drug-likeness (QED) is 0.848. The second kappa shape index (κ2) is 4.44. The van der Waals surface area contributed by atoms with Crippen molar-refractivity contribution in [2.24, 2.45) is 5.92 Å². The largest absolute Gasteiger partial charge is 0.326 e. The number of aromatic nitrogens is 1. The summed E-state index contributed by atoms with van der Waals surface area (Å²) in [4.78, 5) is 0. The van der Waals surface area contributed by atoms with Crippen molar-refractivity contribution in [2.45, 2.75) is 32.6 Å². The molecule has 17 heavy (non-hydrogen) atoms. The van der Waals surface area contributed by atoms with Crippen LogP contribution in [0.3, 0.4) is 0 Å². The fraction of sp³-hybridized carbons (Fsp3) is 0.467. The molecule has 0 saturated heterocycles. The van der Waals surface area contributed by atoms with E-state index in [0.717, 1.165) is 12.5 Å². The van der Waals surface area contributed by atoms with E-state index >= 15 is 0 Å². The number of nitrogens with one attached hydrogen (secondary N) is 1. The smallest absolute Gasteiger partial charge is 0.0695 e. The van der Waals surface area contributed by atoms with Gasteiger partial charge in [-0.05, 0) is 37.3 Å². The first kappa shape index (κ1) is 10.7. The van der Waals surface area contributed by atoms with Gasteiger partial charge in [-0.15, -0.1) is 0 Å². The number of hydrogen-bond acceptors (Lipinski definition) is 1. The van der Waals surface area contributed by atoms with Crippen LogP contribution < -0.4 is 5.43 Å². The average molecular weight is 228 g/mol. The highest BCUT2D eigenvalue weighted by atomic mass is 15.4. The number of fused-ring (bicyclic) bond motifs is 1. The van der Waals surface area contributed by atoms with Crippen molar-refractivity contribution in [1.82, 2.24) is 4.68 Å². The van der Waals surface area contributed by atoms with Crippen molar-refractivity contribution in [3.63, 3.8) is 0 Å². The summed E-state index contributed by atoms with van der Waals surface area (Å²) in [6.45, 7) is 3.29. The van der Waals surface area contributed by atoms with Crippen LogP contribution in [0.2, 0.25) is 0 Å². The molecule has 2 heteroatoms. The normalized spacial score (nSPS) is 16.8. The zero-order chi connectivity index (χ0) is 11.7. The summed E-state index contributed by atoms with van der Waals surface area (Å²) < 4.78 is 2.20. The Labute approximate surface area is 103 Å². The Kier molecular flexibility index (Phi) is 2.79. The lowest BCUT2D eigenvalue weighted by atomic mass is 10.1. The Morgan fingerprint density at radius 2 is 2.00 bits per heavy atom. The molecule has 1 aliphatic carbocycles. The van der Waals surface area contributed by atoms with E-state index in [1.54, 1.807) is 0 Å². The maximum absolute atomic E-state index is 3.57. The summed E-state index contributed by atoms with van der Waals surface area (Å²) in [5, 5.41) is 1.35. The van der Waals surface area contributed by atoms with Crippen LogP contribution in [0.5, 0.6) is 0 Å². The second-order valence-corrected chi connectivity index (χ2v) is 5.21. The summed E-state index contributed by atoms with van der Waals surface area (Å²) in [5.74, 6) is 0.872. The standard InChI is InChI=1S/C15H20N2/c1-12-11-17(15-9-5-4-8-14(12)15)16-10-13-6-2-3-7-13/h4-5,8-9,11,13,16H,2-3,6-7,10H2,1H3. The predicted octanol–water partition coefficient (Wildman–Crippen LogP) is 3.68. The minimum atomic E-state index is 0.872. The molecule has 0 radical (unpaired) electrons. The van der Waals surface area contributed by atoms with Crippen LogP contribution in [0, 0.1) is 12.8 Å². The SMILES string of the molecule is Cc1cn(NCC2CCCC2)c2ccccc12. The third-order valence-electron chi connectivity index (χ3n) is 3.94. The summed E-state index contributed by atoms with van der Waals surface area (Å²) >= 11 is 0. The van der Waals surface area contributed by atoms with Gasteiger partial charge in [0.1, 0.15) is 0 Å². The first-order valence-corrected chi connectivity index (χ1v) is 6.65. The number of aryl methyl sites for hydroxylation is 1. The molecule has 1 N–H and O–H groups in total. The van der Waals surface area contributed by atoms with Gasteiger partial charge < -0.3 is 5.43 Å². The molecule has 3 rings (SSSR count). The number of benzene rings is 1. The third-order valence-corrected chi connectivity index (χ3v) is 3.94. The van der Waals surface area contributed by atoms with E-state index in [1.165, 1.54) is 42.1 Å². The van der Waals surface area contributed by atoms with Crippen LogP contribution in [-0.4, -0.2) is 11.2 Å². The monoisotopic (exact) mass is 228 g/mol. The highest BCUT2D eigenvalue weighted by Gasteiger charge is 2.14. The molecule has 2 aromatic rings. The van der Waals surface area contributed by atoms with Crippen molar-refractivity contribution in [3.8, 4) is 0 Å². The summed E-state index contributed by atoms with van der Waals surface area (Å²) in [6.07, 6.45) is 7.82. The molecule has 0 aliphatic heterocycles. The zero-order valence-corrected chi connectivity index (χ0v) is 10.4. The molecule has 0 atom stereocenters. The summed E-state index contributed by atoms with van der Waals surface area (Å²) in [6, 6.07) is 8.59. The summed E-state index contributed by atoms with van der Waals surface area (Å²) in [5.41, 5.74) is 6.21. The third kappa shape index (κ3) is 2.04. The van der Waals surface area contributed by atoms with E-state index in [0.29, 0.717) is 0 Å². The Morgan fingerprint density at radius 3 is 2.82 bits per heavy atom. The van der Waals surface area contributed by atoms with E-state index < -0.39 is 0 Å². The maximum Gasteiger partial charge on any atom is 0.0695 e. The lowest BCUT2D eigenvalue weighted by Gasteiger charge is -2.13. The molecule has 0 unspecified atom stereocenters. The number of hydrogen-bond donors (Lipinski definition) is 1. The fourth-order valence-electron chi connectivity index (χ4n) is 2.92. The van der Waals surface area contributed by atoms with E-state index in [9.17, 15) is 0 Å². The molecule has 0 spiro atoms. The molecule has 1 heterocycles. The molecule has 1 aliphatic rings. The van der Waals surface area contributed by atoms with Gasteiger partial charge in [-0.25, -0.2) is 0 Å². The molecule has 90 valence electrons. The first-order chi connectivity index (χ1) is 8.34. The molecule has 1 aromatic carbocycles. The molecule has 1 fully saturated rings. The predicted molar refractivity (Wildman–Crippen MR) is 72.9 cm³/mol. The minimum Gasteiger partial charge on any atom is -0.326 e. The van der Waals surface area contributed by atoms with Crippen molar-refractivity contribution in [2.75, 3.05) is 12.0 Å². The zero-order valence-electron chi connectivity index (χ0n) is 10.4. The number of para-hydroxylation sites is 1. The van der Waals surface area contributed by atoms with Gasteiger partial charge >= 0.3 is 0 Å². The van der Waals surface area contributed by atoms with Gasteiger partial charge in [0.15, 0.2) is 0 Å². The minimum absolute atomic E-state index is 0.872. The summed E-state index contributed by atoms with van der Waals surface area (Å²) in [7, 11) is 0. The van der Waals surface area contributed by atoms with E-state index in [1.807, 2.05) is 0 Å². The van der Waals surface area contributed by atoms with Gasteiger partial charge in [0.05, 0.1) is 5.52 Å². The average Bonchev–Trinajstić information content (AvgIpc) is 2.96. The molecule has 1 aromatic heterocycles. The van der Waals surface area contributed by atoms with Gasteiger partial charge in [-0.1, -0.05) is 31.0 Å². The van der Waals surface area contributed by atoms with Crippen molar-refractivity contribution in [1.29, 1.82) is 0 Å². The fourth-order valence-corrected chi connectivity index (χ4v) is 2.92. The van der Waals surface area contributed by atoms with Crippen LogP contribution in [0.1, 0.15) is 31.2 Å². The van der Waals surface area contributed by atoms with Gasteiger partial charge in [0.25, 0.3) is 0 Å². The molecular weight excluding hydrogens is 208 g/mol. The molecule has 0 amide bonds. The number of rotatable bonds is 3. The molecule has 2 nitrogen and oxygen atoms in total. The van der Waals surface area contributed by atoms with Gasteiger partial charge in [-0.3, -0.25) is 4.68 Å². The van der Waals surface area contributed by atoms with Crippen molar-refractivity contribution in [3.05, 3.63) is 36.0 Å². The van der Waals surface area contributed by atoms with Crippen molar-refractivity contribution >= 4 is 10.9 Å². The van der Waals surface area contributed by atoms with Crippen LogP contribution in [-0.2, 0) is 0 Å². The van der Waals surface area contributed by atoms with Crippen LogP contribution in [0.25, 0.3) is 10.9 Å². The van der Waals surface area contributed by atoms with Gasteiger partial charge in [0, 0.05) is 18.1 Å². The molecular formula is C15H20N2. The Hall–Kier alpha value is -1.44. The van der Waals surface area contributed by atoms with E-state index in [4.69, 9.17) is 0 Å². The Balaban J connectivity index is 1.80. The molecule has 1 saturated carbocycles. The maximum atomic E-state index is 3.57. The van der Waals surface area contributed by atoms with Crippen LogP contribution in [0.15, 0.2) is 30.5 Å². The molecule has 0 bridgehead atoms. The highest BCUT2D eigenvalue weighted by molar-refractivity contribution is 5.83. The lowest BCUT2D eigenvalue weighted by Crippen LogP contribution is -2.20. The van der Waals surface area contributed by atoms with Gasteiger partial charge in [-0.2, -0.15) is 0 Å². The Bertz CT molecular complexity index is 507. The van der Waals surface area contributed by atoms with E-state index in [-0.39, 0.29) is 0 Å². The van der Waals surface area contributed by atoms with E-state index in [2.05, 4.69) is 47.5 Å². The van der Waals surface area contributed by atoms with Crippen LogP contribution >= 0.6 is 0 Å². The first-order valence-electron chi connectivity index (χ1n) is 6.65. The highest BCUT2D eigenvalue weighted by Crippen LogP contribution is 2.25. The van der Waals surface area contributed by atoms with Crippen LogP contribution in [0.4, 0.5) is 0 Å². The van der Waals surface area contributed by atoms with Crippen molar-refractivity contribution < 1.29 is 0 Å². The lowest BCUT2D eigenvalue weighted by molar-refractivity contribution is 0.556. The number of nitrogens with zero attached hydrogens (tertiary/aromatic N) is 1. The Morgan fingerprint density at radius 1 is 1.24 bits per heavy atom. The topological polar surface area (TPSA) is 17.0 Å².